The van der Waals surface area contributed by atoms with Gasteiger partial charge in [-0.3, -0.25) is 19.2 Å². The number of nitrogens with zero attached hydrogens (tertiary/aromatic N) is 2. The summed E-state index contributed by atoms with van der Waals surface area (Å²) in [5.74, 6) is -5.46. The molecule has 43 heavy (non-hydrogen) atoms. The largest absolute Gasteiger partial charge is 0.471 e. The molecule has 0 aromatic rings. The van der Waals surface area contributed by atoms with Gasteiger partial charge in [0.05, 0.1) is 11.8 Å². The van der Waals surface area contributed by atoms with Crippen LogP contribution in [0.2, 0.25) is 0 Å². The first-order chi connectivity index (χ1) is 19.7. The van der Waals surface area contributed by atoms with Crippen molar-refractivity contribution in [1.82, 2.24) is 20.4 Å². The normalized spacial score (nSPS) is 19.5. The Hall–Kier alpha value is -3.32. The number of hydrogen-bond acceptors (Lipinski definition) is 7. The topological polar surface area (TPSA) is 134 Å². The van der Waals surface area contributed by atoms with E-state index in [0.717, 1.165) is 0 Å². The van der Waals surface area contributed by atoms with Gasteiger partial charge in [0, 0.05) is 39.3 Å². The maximum Gasteiger partial charge on any atom is 0.471 e. The smallest absolute Gasteiger partial charge is 0.460 e. The zero-order chi connectivity index (χ0) is 32.6. The molecular formula is C29H45F3N4O7. The molecule has 0 spiro atoms. The van der Waals surface area contributed by atoms with Gasteiger partial charge in [0.15, 0.2) is 0 Å². The average molecular weight is 619 g/mol. The van der Waals surface area contributed by atoms with Gasteiger partial charge >= 0.3 is 24.1 Å². The molecule has 11 nitrogen and oxygen atoms in total. The Morgan fingerprint density at radius 1 is 0.837 bits per heavy atom. The molecule has 2 aliphatic heterocycles. The van der Waals surface area contributed by atoms with E-state index in [0.29, 0.717) is 45.3 Å². The van der Waals surface area contributed by atoms with Crippen LogP contribution in [0, 0.1) is 17.8 Å². The van der Waals surface area contributed by atoms with E-state index in [-0.39, 0.29) is 31.0 Å². The zero-order valence-corrected chi connectivity index (χ0v) is 25.8. The number of halogens is 3. The Morgan fingerprint density at radius 3 is 1.98 bits per heavy atom. The van der Waals surface area contributed by atoms with Gasteiger partial charge in [-0.1, -0.05) is 6.08 Å². The van der Waals surface area contributed by atoms with Crippen LogP contribution in [0.25, 0.3) is 0 Å². The second kappa shape index (κ2) is 14.9. The molecule has 2 rings (SSSR count). The average Bonchev–Trinajstić information content (AvgIpc) is 2.89. The van der Waals surface area contributed by atoms with Crippen molar-refractivity contribution in [3.8, 4) is 0 Å². The van der Waals surface area contributed by atoms with Gasteiger partial charge in [-0.25, -0.2) is 4.79 Å². The molecule has 2 atom stereocenters. The van der Waals surface area contributed by atoms with Crippen molar-refractivity contribution in [3.05, 3.63) is 12.2 Å². The quantitative estimate of drug-likeness (QED) is 0.315. The van der Waals surface area contributed by atoms with Gasteiger partial charge in [0.2, 0.25) is 11.8 Å². The molecule has 0 aromatic heterocycles. The van der Waals surface area contributed by atoms with Crippen LogP contribution in [0.5, 0.6) is 0 Å². The fourth-order valence-electron chi connectivity index (χ4n) is 4.62. The number of amides is 4. The Morgan fingerprint density at radius 2 is 1.42 bits per heavy atom. The highest BCUT2D eigenvalue weighted by atomic mass is 19.4. The van der Waals surface area contributed by atoms with E-state index in [1.807, 2.05) is 26.8 Å². The number of carbonyl (C=O) groups is 5. The van der Waals surface area contributed by atoms with Crippen molar-refractivity contribution in [2.24, 2.45) is 17.8 Å². The first kappa shape index (κ1) is 35.9. The molecule has 2 heterocycles. The van der Waals surface area contributed by atoms with E-state index in [4.69, 9.17) is 9.47 Å². The van der Waals surface area contributed by atoms with Gasteiger partial charge in [-0.05, 0) is 79.2 Å². The summed E-state index contributed by atoms with van der Waals surface area (Å²) in [4.78, 5) is 65.1. The summed E-state index contributed by atoms with van der Waals surface area (Å²) in [5, 5.41) is 4.25. The van der Waals surface area contributed by atoms with Crippen LogP contribution in [-0.2, 0) is 28.7 Å². The molecule has 0 bridgehead atoms. The highest BCUT2D eigenvalue weighted by Gasteiger charge is 2.39. The van der Waals surface area contributed by atoms with Crippen molar-refractivity contribution in [1.29, 1.82) is 0 Å². The molecule has 0 saturated carbocycles. The lowest BCUT2D eigenvalue weighted by Gasteiger charge is -2.33. The third-order valence-electron chi connectivity index (χ3n) is 6.84. The third kappa shape index (κ3) is 12.8. The van der Waals surface area contributed by atoms with Gasteiger partial charge in [-0.15, -0.1) is 0 Å². The number of piperidine rings is 2. The monoisotopic (exact) mass is 618 g/mol. The third-order valence-corrected chi connectivity index (χ3v) is 6.84. The first-order valence-electron chi connectivity index (χ1n) is 14.6. The standard InChI is InChI=1S/C29H45F3N4O7/c1-27(2,3)42-24(39)21(17-34-25(40)29(30,31)32)16-33-23(38)20-8-7-13-36(18-20)22(37)10-9-19-11-14-35(15-12-19)26(41)43-28(4,5)6/h9-10,19-21H,7-8,11-18H2,1-6H3,(H,33,38)(H,34,40)/b10-9+/t20-,21+/m1/s1. The molecule has 2 aliphatic rings. The minimum Gasteiger partial charge on any atom is -0.460 e. The van der Waals surface area contributed by atoms with Gasteiger partial charge in [0.25, 0.3) is 0 Å². The minimum absolute atomic E-state index is 0.120. The Labute approximate surface area is 250 Å². The molecule has 2 fully saturated rings. The van der Waals surface area contributed by atoms with E-state index >= 15 is 0 Å². The molecule has 0 aromatic carbocycles. The lowest BCUT2D eigenvalue weighted by Crippen LogP contribution is -2.48. The number of rotatable bonds is 8. The van der Waals surface area contributed by atoms with Crippen molar-refractivity contribution >= 4 is 29.8 Å². The fraction of sp³-hybridized carbons (Fsp3) is 0.759. The Balaban J connectivity index is 1.89. The number of likely N-dealkylation sites (tertiary alicyclic amines) is 2. The molecule has 0 aliphatic carbocycles. The molecule has 2 N–H and O–H groups in total. The number of nitrogens with one attached hydrogen (secondary N) is 2. The number of esters is 1. The predicted octanol–water partition coefficient (Wildman–Crippen LogP) is 3.18. The van der Waals surface area contributed by atoms with Gasteiger partial charge < -0.3 is 29.9 Å². The highest BCUT2D eigenvalue weighted by Crippen LogP contribution is 2.22. The fourth-order valence-corrected chi connectivity index (χ4v) is 4.62. The van der Waals surface area contributed by atoms with Crippen LogP contribution >= 0.6 is 0 Å². The van der Waals surface area contributed by atoms with Crippen LogP contribution < -0.4 is 10.6 Å². The van der Waals surface area contributed by atoms with Crippen molar-refractivity contribution in [2.75, 3.05) is 39.3 Å². The van der Waals surface area contributed by atoms with Crippen molar-refractivity contribution in [3.63, 3.8) is 0 Å². The van der Waals surface area contributed by atoms with Gasteiger partial charge in [0.1, 0.15) is 11.2 Å². The lowest BCUT2D eigenvalue weighted by atomic mass is 9.95. The maximum absolute atomic E-state index is 12.9. The van der Waals surface area contributed by atoms with Crippen molar-refractivity contribution < 1.29 is 46.6 Å². The summed E-state index contributed by atoms with van der Waals surface area (Å²) >= 11 is 0. The summed E-state index contributed by atoms with van der Waals surface area (Å²) in [7, 11) is 0. The number of alkyl halides is 3. The second-order valence-electron chi connectivity index (χ2n) is 13.0. The summed E-state index contributed by atoms with van der Waals surface area (Å²) in [6, 6.07) is 0. The van der Waals surface area contributed by atoms with Crippen LogP contribution in [0.15, 0.2) is 12.2 Å². The molecule has 4 amide bonds. The van der Waals surface area contributed by atoms with E-state index in [1.54, 1.807) is 35.9 Å². The minimum atomic E-state index is -5.12. The van der Waals surface area contributed by atoms with Crippen LogP contribution in [0.3, 0.4) is 0 Å². The van der Waals surface area contributed by atoms with Gasteiger partial charge in [-0.2, -0.15) is 13.2 Å². The first-order valence-corrected chi connectivity index (χ1v) is 14.6. The van der Waals surface area contributed by atoms with Crippen LogP contribution in [0.4, 0.5) is 18.0 Å². The van der Waals surface area contributed by atoms with Crippen LogP contribution in [-0.4, -0.2) is 96.2 Å². The lowest BCUT2D eigenvalue weighted by molar-refractivity contribution is -0.174. The van der Waals surface area contributed by atoms with E-state index < -0.39 is 53.5 Å². The Kier molecular flexibility index (Phi) is 12.4. The zero-order valence-electron chi connectivity index (χ0n) is 25.8. The predicted molar refractivity (Wildman–Crippen MR) is 150 cm³/mol. The summed E-state index contributed by atoms with van der Waals surface area (Å²) in [6.45, 7) is 10.8. The number of allylic oxidation sites excluding steroid dienone is 1. The number of carbonyl (C=O) groups excluding carboxylic acids is 5. The SMILES string of the molecule is CC(C)(C)OC(=O)[C@@H](CNC(=O)[C@@H]1CCCN(C(=O)/C=C/C2CCN(C(=O)OC(C)(C)C)CC2)C1)CNC(=O)C(F)(F)F. The molecule has 0 unspecified atom stereocenters. The molecule has 244 valence electrons. The molecule has 2 saturated heterocycles. The van der Waals surface area contributed by atoms with E-state index in [9.17, 15) is 37.1 Å². The summed E-state index contributed by atoms with van der Waals surface area (Å²) in [6.07, 6.45) is 0.299. The van der Waals surface area contributed by atoms with E-state index in [1.165, 1.54) is 6.08 Å². The maximum atomic E-state index is 12.9. The van der Waals surface area contributed by atoms with Crippen molar-refractivity contribution in [2.45, 2.75) is 84.6 Å². The summed E-state index contributed by atoms with van der Waals surface area (Å²) in [5.41, 5.74) is -1.50. The highest BCUT2D eigenvalue weighted by molar-refractivity contribution is 5.88. The Bertz CT molecular complexity index is 1040. The molecule has 0 radical (unpaired) electrons. The molecule has 14 heteroatoms. The molecular weight excluding hydrogens is 573 g/mol. The summed E-state index contributed by atoms with van der Waals surface area (Å²) < 4.78 is 48.6. The number of ether oxygens (including phenoxy) is 2. The van der Waals surface area contributed by atoms with E-state index in [2.05, 4.69) is 5.32 Å². The second-order valence-corrected chi connectivity index (χ2v) is 13.0. The number of hydrogen-bond donors (Lipinski definition) is 2. The van der Waals surface area contributed by atoms with Crippen LogP contribution in [0.1, 0.15) is 67.2 Å².